The van der Waals surface area contributed by atoms with Gasteiger partial charge in [-0.2, -0.15) is 30.7 Å². The Bertz CT molecular complexity index is 1900. The first-order valence-electron chi connectivity index (χ1n) is 14.6. The Balaban J connectivity index is 1.42. The number of rotatable bonds is 9. The van der Waals surface area contributed by atoms with Gasteiger partial charge in [0.2, 0.25) is 0 Å². The molecule has 0 atom stereocenters. The van der Waals surface area contributed by atoms with Gasteiger partial charge in [0.05, 0.1) is 34.1 Å². The van der Waals surface area contributed by atoms with E-state index < -0.39 is 7.14 Å². The fourth-order valence-electron chi connectivity index (χ4n) is 4.67. The normalized spacial score (nSPS) is 12.9. The van der Waals surface area contributed by atoms with E-state index in [9.17, 15) is 0 Å². The summed E-state index contributed by atoms with van der Waals surface area (Å²) in [4.78, 5) is 0. The Labute approximate surface area is 271 Å². The minimum atomic E-state index is -3.52. The van der Waals surface area contributed by atoms with E-state index in [1.807, 2.05) is 54.6 Å². The Hall–Kier alpha value is -6.25. The molecule has 0 aliphatic heterocycles. The maximum Gasteiger partial charge on any atom is 0.171 e. The molecular formula is C36H30N9OP. The second-order valence-corrected chi connectivity index (χ2v) is 13.3. The first-order valence-corrected chi connectivity index (χ1v) is 16.3. The summed E-state index contributed by atoms with van der Waals surface area (Å²) in [5, 5.41) is 28.0. The van der Waals surface area contributed by atoms with Gasteiger partial charge in [-0.05, 0) is 109 Å². The highest BCUT2D eigenvalue weighted by Gasteiger charge is 2.31. The maximum atomic E-state index is 15.6. The van der Waals surface area contributed by atoms with Gasteiger partial charge >= 0.3 is 0 Å². The van der Waals surface area contributed by atoms with Gasteiger partial charge < -0.3 is 21.8 Å². The van der Waals surface area contributed by atoms with Crippen LogP contribution in [-0.4, -0.2) is 0 Å². The van der Waals surface area contributed by atoms with Gasteiger partial charge in [-0.1, -0.05) is 36.4 Å². The molecule has 0 spiro atoms. The molecule has 0 saturated carbocycles. The van der Waals surface area contributed by atoms with E-state index in [1.54, 1.807) is 91.0 Å². The van der Waals surface area contributed by atoms with E-state index >= 15 is 4.57 Å². The minimum Gasteiger partial charge on any atom is -0.399 e. The van der Waals surface area contributed by atoms with Crippen molar-refractivity contribution in [2.24, 2.45) is 30.7 Å². The number of hydrogen-bond acceptors (Lipinski definition) is 10. The zero-order valence-electron chi connectivity index (χ0n) is 25.1. The van der Waals surface area contributed by atoms with Crippen LogP contribution in [-0.2, 0) is 4.57 Å². The monoisotopic (exact) mass is 635 g/mol. The summed E-state index contributed by atoms with van der Waals surface area (Å²) in [5.74, 6) is 0. The van der Waals surface area contributed by atoms with Crippen LogP contribution in [0.1, 0.15) is 0 Å². The Kier molecular flexibility index (Phi) is 9.04. The average Bonchev–Trinajstić information content (AvgIpc) is 3.11. The first kappa shape index (κ1) is 30.8. The average molecular weight is 636 g/mol. The predicted molar refractivity (Wildman–Crippen MR) is 191 cm³/mol. The Morgan fingerprint density at radius 3 is 0.872 bits per heavy atom. The van der Waals surface area contributed by atoms with Gasteiger partial charge in [-0.3, -0.25) is 0 Å². The van der Waals surface area contributed by atoms with Crippen LogP contribution in [0.15, 0.2) is 176 Å². The standard InChI is InChI=1S/C36H30N9OP/c37-25-10-16-28(17-11-25)40-43-31-4-1-7-34(22-31)47(46,35-8-2-5-32(23-35)44-41-29-18-12-26(38)13-19-29)36-9-3-6-33(24-36)45-42-30-20-14-27(39)15-21-30/h1-24H,37-39H2. The number of nitrogen functional groups attached to an aromatic ring is 3. The van der Waals surface area contributed by atoms with E-state index in [0.29, 0.717) is 67.1 Å². The van der Waals surface area contributed by atoms with Gasteiger partial charge in [0.25, 0.3) is 0 Å². The highest BCUT2D eigenvalue weighted by molar-refractivity contribution is 7.85. The molecule has 10 nitrogen and oxygen atoms in total. The van der Waals surface area contributed by atoms with Gasteiger partial charge in [0.1, 0.15) is 0 Å². The number of benzene rings is 6. The topological polar surface area (TPSA) is 169 Å². The second kappa shape index (κ2) is 13.8. The van der Waals surface area contributed by atoms with Crippen LogP contribution in [0.5, 0.6) is 0 Å². The lowest BCUT2D eigenvalue weighted by Crippen LogP contribution is -2.24. The molecule has 0 aromatic heterocycles. The van der Waals surface area contributed by atoms with Crippen molar-refractivity contribution in [2.45, 2.75) is 0 Å². The zero-order valence-corrected chi connectivity index (χ0v) is 26.0. The summed E-state index contributed by atoms with van der Waals surface area (Å²) in [6.45, 7) is 0. The molecule has 47 heavy (non-hydrogen) atoms. The molecule has 0 fully saturated rings. The molecule has 11 heteroatoms. The molecule has 230 valence electrons. The van der Waals surface area contributed by atoms with E-state index in [4.69, 9.17) is 17.2 Å². The SMILES string of the molecule is Nc1ccc(N=Nc2cccc(P(=O)(c3cccc(N=Nc4ccc(N)cc4)c3)c3cccc(N=Nc4ccc(N)cc4)c3)c2)cc1. The van der Waals surface area contributed by atoms with Crippen molar-refractivity contribution in [3.8, 4) is 0 Å². The summed E-state index contributed by atoms with van der Waals surface area (Å²) in [6.07, 6.45) is 0. The zero-order chi connectivity index (χ0) is 32.6. The molecule has 0 radical (unpaired) electrons. The van der Waals surface area contributed by atoms with Crippen molar-refractivity contribution in [2.75, 3.05) is 17.2 Å². The van der Waals surface area contributed by atoms with Crippen LogP contribution < -0.4 is 33.1 Å². The number of azo groups is 3. The van der Waals surface area contributed by atoms with Crippen molar-refractivity contribution in [1.29, 1.82) is 0 Å². The van der Waals surface area contributed by atoms with Gasteiger partial charge in [0.15, 0.2) is 7.14 Å². The van der Waals surface area contributed by atoms with Crippen molar-refractivity contribution in [3.63, 3.8) is 0 Å². The number of nitrogens with two attached hydrogens (primary N) is 3. The van der Waals surface area contributed by atoms with E-state index in [1.165, 1.54) is 0 Å². The smallest absolute Gasteiger partial charge is 0.171 e. The molecular weight excluding hydrogens is 605 g/mol. The molecule has 0 aliphatic carbocycles. The van der Waals surface area contributed by atoms with Crippen molar-refractivity contribution >= 4 is 74.2 Å². The predicted octanol–water partition coefficient (Wildman–Crippen LogP) is 9.32. The molecule has 6 rings (SSSR count). The van der Waals surface area contributed by atoms with E-state index in [2.05, 4.69) is 30.7 Å². The highest BCUT2D eigenvalue weighted by atomic mass is 31.2. The lowest BCUT2D eigenvalue weighted by Gasteiger charge is -2.20. The van der Waals surface area contributed by atoms with Crippen LogP contribution in [0.3, 0.4) is 0 Å². The van der Waals surface area contributed by atoms with Gasteiger partial charge in [-0.25, -0.2) is 0 Å². The minimum absolute atomic E-state index is 0.540. The lowest BCUT2D eigenvalue weighted by molar-refractivity contribution is 0.592. The molecule has 6 aromatic carbocycles. The summed E-state index contributed by atoms with van der Waals surface area (Å²) in [7, 11) is -3.52. The molecule has 0 saturated heterocycles. The molecule has 0 aliphatic rings. The van der Waals surface area contributed by atoms with Gasteiger partial charge in [0, 0.05) is 33.0 Å². The van der Waals surface area contributed by atoms with E-state index in [0.717, 1.165) is 0 Å². The quantitative estimate of drug-likeness (QED) is 0.0817. The summed E-state index contributed by atoms with van der Waals surface area (Å²) >= 11 is 0. The Morgan fingerprint density at radius 1 is 0.340 bits per heavy atom. The molecule has 0 bridgehead atoms. The third kappa shape index (κ3) is 7.53. The Morgan fingerprint density at radius 2 is 0.596 bits per heavy atom. The fourth-order valence-corrected chi connectivity index (χ4v) is 7.39. The maximum absolute atomic E-state index is 15.6. The molecule has 6 N–H and O–H groups in total. The van der Waals surface area contributed by atoms with E-state index in [-0.39, 0.29) is 0 Å². The summed E-state index contributed by atoms with van der Waals surface area (Å²) in [5.41, 5.74) is 22.9. The number of anilines is 3. The van der Waals surface area contributed by atoms with Crippen molar-refractivity contribution in [1.82, 2.24) is 0 Å². The molecule has 0 unspecified atom stereocenters. The van der Waals surface area contributed by atoms with Crippen LogP contribution in [0.4, 0.5) is 51.2 Å². The van der Waals surface area contributed by atoms with Crippen LogP contribution in [0, 0.1) is 0 Å². The number of nitrogens with zero attached hydrogens (tertiary/aromatic N) is 6. The molecule has 6 aromatic rings. The largest absolute Gasteiger partial charge is 0.399 e. The molecule has 0 heterocycles. The van der Waals surface area contributed by atoms with Gasteiger partial charge in [-0.15, -0.1) is 0 Å². The third-order valence-corrected chi connectivity index (χ3v) is 10.1. The van der Waals surface area contributed by atoms with Crippen LogP contribution >= 0.6 is 7.14 Å². The second-order valence-electron chi connectivity index (χ2n) is 10.5. The van der Waals surface area contributed by atoms with Crippen LogP contribution in [0.25, 0.3) is 0 Å². The first-order chi connectivity index (χ1) is 22.8. The van der Waals surface area contributed by atoms with Crippen molar-refractivity contribution in [3.05, 3.63) is 146 Å². The van der Waals surface area contributed by atoms with Crippen molar-refractivity contribution < 1.29 is 4.57 Å². The summed E-state index contributed by atoms with van der Waals surface area (Å²) in [6, 6.07) is 42.9. The van der Waals surface area contributed by atoms with Crippen LogP contribution in [0.2, 0.25) is 0 Å². The highest BCUT2D eigenvalue weighted by Crippen LogP contribution is 2.44. The molecule has 0 amide bonds. The lowest BCUT2D eigenvalue weighted by atomic mass is 10.3. The fraction of sp³-hybridized carbons (Fsp3) is 0. The third-order valence-electron chi connectivity index (χ3n) is 7.10. The summed E-state index contributed by atoms with van der Waals surface area (Å²) < 4.78 is 15.6. The number of hydrogen-bond donors (Lipinski definition) is 3.